The zero-order valence-corrected chi connectivity index (χ0v) is 10.0. The second-order valence-electron chi connectivity index (χ2n) is 3.06. The molecule has 17 heavy (non-hydrogen) atoms. The smallest absolute Gasteiger partial charge is 0.187 e. The van der Waals surface area contributed by atoms with Gasteiger partial charge in [-0.15, -0.1) is 0 Å². The van der Waals surface area contributed by atoms with E-state index in [0.29, 0.717) is 10.2 Å². The molecule has 2 rings (SSSR count). The minimum Gasteiger partial charge on any atom is -0.336 e. The lowest BCUT2D eigenvalue weighted by Gasteiger charge is -1.90. The first-order chi connectivity index (χ1) is 8.22. The zero-order chi connectivity index (χ0) is 12.3. The maximum atomic E-state index is 8.56. The van der Waals surface area contributed by atoms with E-state index >= 15 is 0 Å². The molecule has 0 atom stereocenters. The molecular weight excluding hydrogens is 256 g/mol. The fraction of sp³-hybridized carbons (Fsp3) is 0. The van der Waals surface area contributed by atoms with Crippen LogP contribution in [0.5, 0.6) is 0 Å². The third-order valence-electron chi connectivity index (χ3n) is 1.93. The second-order valence-corrected chi connectivity index (χ2v) is 4.52. The highest BCUT2D eigenvalue weighted by Gasteiger charge is 2.03. The van der Waals surface area contributed by atoms with Crippen LogP contribution < -0.4 is 5.32 Å². The summed E-state index contributed by atoms with van der Waals surface area (Å²) in [4.78, 5) is 4.28. The van der Waals surface area contributed by atoms with Crippen LogP contribution in [0.25, 0.3) is 10.2 Å². The highest BCUT2D eigenvalue weighted by molar-refractivity contribution is 7.22. The number of allylic oxidation sites excluding steroid dienone is 1. The molecule has 82 valence electrons. The van der Waals surface area contributed by atoms with Gasteiger partial charge in [-0.1, -0.05) is 22.9 Å². The molecule has 1 heterocycles. The van der Waals surface area contributed by atoms with Crippen molar-refractivity contribution in [1.29, 1.82) is 10.5 Å². The summed E-state index contributed by atoms with van der Waals surface area (Å²) in [6.45, 7) is 0. The predicted octanol–water partition coefficient (Wildman–Crippen LogP) is 3.29. The summed E-state index contributed by atoms with van der Waals surface area (Å²) >= 11 is 7.27. The molecule has 0 aliphatic carbocycles. The Morgan fingerprint density at radius 2 is 2.18 bits per heavy atom. The number of nitrogens with one attached hydrogen (secondary N) is 1. The van der Waals surface area contributed by atoms with E-state index in [0.717, 1.165) is 10.2 Å². The lowest BCUT2D eigenvalue weighted by Crippen LogP contribution is -1.87. The average molecular weight is 261 g/mol. The topological polar surface area (TPSA) is 72.5 Å². The third kappa shape index (κ3) is 2.54. The molecule has 0 aliphatic rings. The van der Waals surface area contributed by atoms with Crippen molar-refractivity contribution in [2.24, 2.45) is 0 Å². The van der Waals surface area contributed by atoms with Crippen LogP contribution in [0.4, 0.5) is 5.13 Å². The van der Waals surface area contributed by atoms with Gasteiger partial charge in [-0.05, 0) is 18.2 Å². The minimum absolute atomic E-state index is 0.00212. The van der Waals surface area contributed by atoms with Crippen LogP contribution in [0.15, 0.2) is 30.0 Å². The van der Waals surface area contributed by atoms with E-state index in [1.165, 1.54) is 17.5 Å². The van der Waals surface area contributed by atoms with Crippen LogP contribution in [0.3, 0.4) is 0 Å². The number of nitrogens with zero attached hydrogens (tertiary/aromatic N) is 3. The van der Waals surface area contributed by atoms with Crippen molar-refractivity contribution in [2.45, 2.75) is 0 Å². The highest BCUT2D eigenvalue weighted by atomic mass is 35.5. The standard InChI is InChI=1S/C11H5ClN4S/c12-8-1-2-9-10(3-8)17-11(16-9)15-6-7(4-13)5-14/h1-3,6H,(H,15,16). The van der Waals surface area contributed by atoms with Gasteiger partial charge in [-0.3, -0.25) is 0 Å². The Labute approximate surface area is 106 Å². The molecule has 0 unspecified atom stereocenters. The van der Waals surface area contributed by atoms with E-state index in [2.05, 4.69) is 10.3 Å². The molecule has 0 spiro atoms. The van der Waals surface area contributed by atoms with Gasteiger partial charge in [0.05, 0.1) is 10.2 Å². The first kappa shape index (κ1) is 11.4. The lowest BCUT2D eigenvalue weighted by atomic mass is 10.3. The number of benzene rings is 1. The van der Waals surface area contributed by atoms with Crippen molar-refractivity contribution < 1.29 is 0 Å². The quantitative estimate of drug-likeness (QED) is 0.841. The van der Waals surface area contributed by atoms with Crippen molar-refractivity contribution in [3.63, 3.8) is 0 Å². The summed E-state index contributed by atoms with van der Waals surface area (Å²) in [6.07, 6.45) is 1.33. The van der Waals surface area contributed by atoms with Gasteiger partial charge in [0.1, 0.15) is 17.7 Å². The van der Waals surface area contributed by atoms with Gasteiger partial charge in [0, 0.05) is 11.2 Å². The Balaban J connectivity index is 2.30. The Hall–Kier alpha value is -2.08. The number of halogens is 1. The predicted molar refractivity (Wildman–Crippen MR) is 67.6 cm³/mol. The molecule has 6 heteroatoms. The highest BCUT2D eigenvalue weighted by Crippen LogP contribution is 2.28. The number of anilines is 1. The molecule has 0 amide bonds. The average Bonchev–Trinajstić information content (AvgIpc) is 2.72. The summed E-state index contributed by atoms with van der Waals surface area (Å²) in [5.41, 5.74) is 0.827. The van der Waals surface area contributed by atoms with Crippen molar-refractivity contribution in [3.05, 3.63) is 35.0 Å². The largest absolute Gasteiger partial charge is 0.336 e. The number of aromatic nitrogens is 1. The number of rotatable bonds is 2. The molecular formula is C11H5ClN4S. The summed E-state index contributed by atoms with van der Waals surface area (Å²) in [5.74, 6) is 0. The molecule has 0 bridgehead atoms. The van der Waals surface area contributed by atoms with Gasteiger partial charge in [-0.25, -0.2) is 4.98 Å². The van der Waals surface area contributed by atoms with Crippen molar-refractivity contribution in [1.82, 2.24) is 4.98 Å². The minimum atomic E-state index is 0.00212. The number of fused-ring (bicyclic) bond motifs is 1. The Morgan fingerprint density at radius 3 is 2.88 bits per heavy atom. The Bertz CT molecular complexity index is 659. The van der Waals surface area contributed by atoms with Gasteiger partial charge in [0.15, 0.2) is 5.13 Å². The van der Waals surface area contributed by atoms with Crippen LogP contribution >= 0.6 is 22.9 Å². The van der Waals surface area contributed by atoms with E-state index in [9.17, 15) is 0 Å². The summed E-state index contributed by atoms with van der Waals surface area (Å²) in [7, 11) is 0. The van der Waals surface area contributed by atoms with Crippen LogP contribution in [0.1, 0.15) is 0 Å². The molecule has 2 aromatic rings. The van der Waals surface area contributed by atoms with Crippen molar-refractivity contribution >= 4 is 38.3 Å². The molecule has 1 aromatic carbocycles. The molecule has 0 radical (unpaired) electrons. The fourth-order valence-corrected chi connectivity index (χ4v) is 2.29. The fourth-order valence-electron chi connectivity index (χ4n) is 1.18. The molecule has 1 aromatic heterocycles. The SMILES string of the molecule is N#CC(C#N)=CNc1nc2ccc(Cl)cc2s1. The van der Waals surface area contributed by atoms with Gasteiger partial charge in [-0.2, -0.15) is 10.5 Å². The monoisotopic (exact) mass is 260 g/mol. The van der Waals surface area contributed by atoms with Gasteiger partial charge in [0.2, 0.25) is 0 Å². The van der Waals surface area contributed by atoms with Crippen molar-refractivity contribution in [2.75, 3.05) is 5.32 Å². The number of thiazole rings is 1. The van der Waals surface area contributed by atoms with Crippen LogP contribution in [-0.4, -0.2) is 4.98 Å². The van der Waals surface area contributed by atoms with E-state index in [4.69, 9.17) is 22.1 Å². The molecule has 4 nitrogen and oxygen atoms in total. The van der Waals surface area contributed by atoms with E-state index in [1.54, 1.807) is 18.2 Å². The number of hydrogen-bond acceptors (Lipinski definition) is 5. The number of nitriles is 2. The molecule has 1 N–H and O–H groups in total. The van der Waals surface area contributed by atoms with Crippen LogP contribution in [-0.2, 0) is 0 Å². The maximum absolute atomic E-state index is 8.56. The van der Waals surface area contributed by atoms with Crippen molar-refractivity contribution in [3.8, 4) is 12.1 Å². The first-order valence-corrected chi connectivity index (χ1v) is 5.75. The maximum Gasteiger partial charge on any atom is 0.187 e. The second kappa shape index (κ2) is 4.84. The van der Waals surface area contributed by atoms with E-state index in [-0.39, 0.29) is 5.57 Å². The lowest BCUT2D eigenvalue weighted by molar-refractivity contribution is 1.42. The summed E-state index contributed by atoms with van der Waals surface area (Å²) in [6, 6.07) is 8.92. The zero-order valence-electron chi connectivity index (χ0n) is 8.44. The van der Waals surface area contributed by atoms with E-state index < -0.39 is 0 Å². The Morgan fingerprint density at radius 1 is 1.41 bits per heavy atom. The molecule has 0 fully saturated rings. The molecule has 0 saturated heterocycles. The molecule has 0 saturated carbocycles. The summed E-state index contributed by atoms with van der Waals surface area (Å²) in [5, 5.41) is 21.2. The Kier molecular flexibility index (Phi) is 3.24. The number of hydrogen-bond donors (Lipinski definition) is 1. The van der Waals surface area contributed by atoms with Crippen LogP contribution in [0.2, 0.25) is 5.02 Å². The summed E-state index contributed by atoms with van der Waals surface area (Å²) < 4.78 is 0.948. The third-order valence-corrected chi connectivity index (χ3v) is 3.12. The van der Waals surface area contributed by atoms with Gasteiger partial charge >= 0.3 is 0 Å². The van der Waals surface area contributed by atoms with Gasteiger partial charge < -0.3 is 5.32 Å². The van der Waals surface area contributed by atoms with Gasteiger partial charge in [0.25, 0.3) is 0 Å². The molecule has 0 aliphatic heterocycles. The normalized spacial score (nSPS) is 9.35. The van der Waals surface area contributed by atoms with Crippen LogP contribution in [0, 0.1) is 22.7 Å². The van der Waals surface area contributed by atoms with E-state index in [1.807, 2.05) is 12.1 Å². The first-order valence-electron chi connectivity index (χ1n) is 4.56.